The van der Waals surface area contributed by atoms with Crippen LogP contribution in [-0.4, -0.2) is 13.2 Å². The highest BCUT2D eigenvalue weighted by atomic mass is 32.1. The number of hydrogen-bond acceptors (Lipinski definition) is 2. The van der Waals surface area contributed by atoms with Crippen molar-refractivity contribution in [3.63, 3.8) is 0 Å². The fourth-order valence-electron chi connectivity index (χ4n) is 0.764. The largest absolute Gasteiger partial charge is 0.377 e. The Labute approximate surface area is 60.8 Å². The standard InChI is InChI=1S/C7H10OS/c1-8-6-2-4-7(9)5-3-6/h2,4-6,9H,3H2,1H3. The van der Waals surface area contributed by atoms with Crippen molar-refractivity contribution in [1.82, 2.24) is 0 Å². The van der Waals surface area contributed by atoms with Crippen molar-refractivity contribution < 1.29 is 4.74 Å². The Morgan fingerprint density at radius 1 is 1.78 bits per heavy atom. The molecule has 0 aliphatic heterocycles. The van der Waals surface area contributed by atoms with Gasteiger partial charge in [-0.15, -0.1) is 12.6 Å². The van der Waals surface area contributed by atoms with Gasteiger partial charge >= 0.3 is 0 Å². The van der Waals surface area contributed by atoms with Gasteiger partial charge < -0.3 is 4.74 Å². The number of rotatable bonds is 1. The van der Waals surface area contributed by atoms with Crippen LogP contribution in [-0.2, 0) is 4.74 Å². The van der Waals surface area contributed by atoms with E-state index >= 15 is 0 Å². The van der Waals surface area contributed by atoms with E-state index in [1.807, 2.05) is 12.2 Å². The fourth-order valence-corrected chi connectivity index (χ4v) is 0.956. The first-order valence-electron chi connectivity index (χ1n) is 2.93. The molecule has 0 aromatic carbocycles. The molecule has 0 aromatic heterocycles. The van der Waals surface area contributed by atoms with E-state index in [1.165, 1.54) is 0 Å². The Morgan fingerprint density at radius 2 is 2.56 bits per heavy atom. The van der Waals surface area contributed by atoms with Crippen molar-refractivity contribution in [3.05, 3.63) is 23.1 Å². The summed E-state index contributed by atoms with van der Waals surface area (Å²) >= 11 is 4.16. The van der Waals surface area contributed by atoms with Crippen LogP contribution < -0.4 is 0 Å². The zero-order valence-corrected chi connectivity index (χ0v) is 6.27. The molecular weight excluding hydrogens is 132 g/mol. The van der Waals surface area contributed by atoms with E-state index in [0.29, 0.717) is 0 Å². The van der Waals surface area contributed by atoms with E-state index in [9.17, 15) is 0 Å². The average Bonchev–Trinajstić information content (AvgIpc) is 1.90. The van der Waals surface area contributed by atoms with Crippen LogP contribution in [0.25, 0.3) is 0 Å². The topological polar surface area (TPSA) is 9.23 Å². The first-order chi connectivity index (χ1) is 4.33. The molecule has 1 rings (SSSR count). The lowest BCUT2D eigenvalue weighted by Gasteiger charge is -2.11. The molecule has 0 aromatic rings. The third kappa shape index (κ3) is 1.88. The molecule has 50 valence electrons. The zero-order valence-electron chi connectivity index (χ0n) is 5.37. The van der Waals surface area contributed by atoms with Crippen LogP contribution in [0.5, 0.6) is 0 Å². The summed E-state index contributed by atoms with van der Waals surface area (Å²) in [5.74, 6) is 0. The van der Waals surface area contributed by atoms with Crippen molar-refractivity contribution >= 4 is 12.6 Å². The summed E-state index contributed by atoms with van der Waals surface area (Å²) in [5, 5.41) is 0. The Kier molecular flexibility index (Phi) is 2.37. The predicted octanol–water partition coefficient (Wildman–Crippen LogP) is 1.77. The first kappa shape index (κ1) is 6.90. The molecule has 9 heavy (non-hydrogen) atoms. The lowest BCUT2D eigenvalue weighted by molar-refractivity contribution is 0.142. The highest BCUT2D eigenvalue weighted by Crippen LogP contribution is 2.14. The molecule has 1 unspecified atom stereocenters. The Morgan fingerprint density at radius 3 is 3.00 bits per heavy atom. The maximum Gasteiger partial charge on any atom is 0.0790 e. The molecule has 0 saturated carbocycles. The highest BCUT2D eigenvalue weighted by molar-refractivity contribution is 7.84. The van der Waals surface area contributed by atoms with Gasteiger partial charge in [0.15, 0.2) is 0 Å². The summed E-state index contributed by atoms with van der Waals surface area (Å²) in [6.45, 7) is 0. The minimum atomic E-state index is 0.265. The smallest absolute Gasteiger partial charge is 0.0790 e. The number of methoxy groups -OCH3 is 1. The van der Waals surface area contributed by atoms with E-state index in [2.05, 4.69) is 18.7 Å². The monoisotopic (exact) mass is 142 g/mol. The second-order valence-corrected chi connectivity index (χ2v) is 2.51. The third-order valence-corrected chi connectivity index (χ3v) is 1.68. The molecule has 1 aliphatic carbocycles. The van der Waals surface area contributed by atoms with Crippen LogP contribution >= 0.6 is 12.6 Å². The minimum absolute atomic E-state index is 0.265. The van der Waals surface area contributed by atoms with Gasteiger partial charge in [-0.1, -0.05) is 18.2 Å². The molecule has 0 fully saturated rings. The molecule has 0 N–H and O–H groups in total. The van der Waals surface area contributed by atoms with Gasteiger partial charge in [-0.3, -0.25) is 0 Å². The number of hydrogen-bond donors (Lipinski definition) is 1. The van der Waals surface area contributed by atoms with Gasteiger partial charge in [-0.2, -0.15) is 0 Å². The molecular formula is C7H10OS. The van der Waals surface area contributed by atoms with Crippen LogP contribution in [0.15, 0.2) is 23.1 Å². The molecule has 0 amide bonds. The number of allylic oxidation sites excluding steroid dienone is 1. The third-order valence-electron chi connectivity index (χ3n) is 1.34. The average molecular weight is 142 g/mol. The second kappa shape index (κ2) is 3.08. The van der Waals surface area contributed by atoms with Crippen LogP contribution in [0.2, 0.25) is 0 Å². The van der Waals surface area contributed by atoms with Crippen LogP contribution in [0.3, 0.4) is 0 Å². The van der Waals surface area contributed by atoms with Gasteiger partial charge in [0.05, 0.1) is 6.10 Å². The second-order valence-electron chi connectivity index (χ2n) is 2.00. The first-order valence-corrected chi connectivity index (χ1v) is 3.38. The lowest BCUT2D eigenvalue weighted by Crippen LogP contribution is -2.07. The van der Waals surface area contributed by atoms with Gasteiger partial charge in [0.25, 0.3) is 0 Å². The predicted molar refractivity (Wildman–Crippen MR) is 41.6 cm³/mol. The van der Waals surface area contributed by atoms with Gasteiger partial charge in [-0.05, 0) is 11.3 Å². The summed E-state index contributed by atoms with van der Waals surface area (Å²) in [6.07, 6.45) is 7.24. The summed E-state index contributed by atoms with van der Waals surface area (Å²) in [5.41, 5.74) is 0. The molecule has 0 heterocycles. The lowest BCUT2D eigenvalue weighted by atomic mass is 10.1. The van der Waals surface area contributed by atoms with E-state index in [1.54, 1.807) is 7.11 Å². The molecule has 0 spiro atoms. The van der Waals surface area contributed by atoms with Gasteiger partial charge in [-0.25, -0.2) is 0 Å². The molecule has 1 nitrogen and oxygen atoms in total. The van der Waals surface area contributed by atoms with E-state index in [-0.39, 0.29) is 6.10 Å². The molecule has 0 saturated heterocycles. The van der Waals surface area contributed by atoms with E-state index < -0.39 is 0 Å². The van der Waals surface area contributed by atoms with E-state index in [4.69, 9.17) is 4.74 Å². The van der Waals surface area contributed by atoms with Gasteiger partial charge in [0.1, 0.15) is 0 Å². The Hall–Kier alpha value is -0.210. The van der Waals surface area contributed by atoms with Gasteiger partial charge in [0.2, 0.25) is 0 Å². The van der Waals surface area contributed by atoms with Crippen molar-refractivity contribution in [2.75, 3.05) is 7.11 Å². The van der Waals surface area contributed by atoms with Gasteiger partial charge in [0, 0.05) is 7.11 Å². The normalized spacial score (nSPS) is 26.0. The Balaban J connectivity index is 2.48. The fraction of sp³-hybridized carbons (Fsp3) is 0.429. The molecule has 0 radical (unpaired) electrons. The van der Waals surface area contributed by atoms with Crippen LogP contribution in [0, 0.1) is 0 Å². The summed E-state index contributed by atoms with van der Waals surface area (Å²) in [6, 6.07) is 0. The van der Waals surface area contributed by atoms with Crippen molar-refractivity contribution in [2.24, 2.45) is 0 Å². The van der Waals surface area contributed by atoms with Crippen LogP contribution in [0.4, 0.5) is 0 Å². The molecule has 1 atom stereocenters. The molecule has 2 heteroatoms. The SMILES string of the molecule is COC1C=CC(S)=CC1. The summed E-state index contributed by atoms with van der Waals surface area (Å²) in [4.78, 5) is 1.03. The highest BCUT2D eigenvalue weighted by Gasteiger charge is 2.03. The maximum atomic E-state index is 5.07. The summed E-state index contributed by atoms with van der Waals surface area (Å²) < 4.78 is 5.07. The van der Waals surface area contributed by atoms with Crippen molar-refractivity contribution in [1.29, 1.82) is 0 Å². The minimum Gasteiger partial charge on any atom is -0.377 e. The zero-order chi connectivity index (χ0) is 6.69. The number of ether oxygens (including phenoxy) is 1. The maximum absolute atomic E-state index is 5.07. The Bertz CT molecular complexity index is 149. The number of thiol groups is 1. The molecule has 0 bridgehead atoms. The molecule has 1 aliphatic rings. The van der Waals surface area contributed by atoms with E-state index in [0.717, 1.165) is 11.3 Å². The quantitative estimate of drug-likeness (QED) is 0.549. The van der Waals surface area contributed by atoms with Crippen LogP contribution in [0.1, 0.15) is 6.42 Å². The van der Waals surface area contributed by atoms with Crippen molar-refractivity contribution in [3.8, 4) is 0 Å². The summed E-state index contributed by atoms with van der Waals surface area (Å²) in [7, 11) is 1.71. The van der Waals surface area contributed by atoms with Crippen molar-refractivity contribution in [2.45, 2.75) is 12.5 Å².